The Morgan fingerprint density at radius 3 is 2.52 bits per heavy atom. The predicted molar refractivity (Wildman–Crippen MR) is 77.2 cm³/mol. The van der Waals surface area contributed by atoms with Crippen LogP contribution < -0.4 is 0 Å². The van der Waals surface area contributed by atoms with Gasteiger partial charge in [0.25, 0.3) is 5.91 Å². The van der Waals surface area contributed by atoms with Gasteiger partial charge in [-0.15, -0.1) is 0 Å². The summed E-state index contributed by atoms with van der Waals surface area (Å²) in [4.78, 5) is 29.3. The van der Waals surface area contributed by atoms with Crippen LogP contribution in [0.3, 0.4) is 0 Å². The Morgan fingerprint density at radius 2 is 1.90 bits per heavy atom. The minimum atomic E-state index is -1.07. The van der Waals surface area contributed by atoms with E-state index < -0.39 is 5.97 Å². The number of aromatic carboxylic acids is 1. The molecule has 1 aliphatic heterocycles. The van der Waals surface area contributed by atoms with Gasteiger partial charge in [0.05, 0.1) is 5.56 Å². The second kappa shape index (κ2) is 5.84. The van der Waals surface area contributed by atoms with Gasteiger partial charge in [0.15, 0.2) is 0 Å². The van der Waals surface area contributed by atoms with Crippen LogP contribution in [0.15, 0.2) is 18.3 Å². The van der Waals surface area contributed by atoms with E-state index in [4.69, 9.17) is 5.11 Å². The summed E-state index contributed by atoms with van der Waals surface area (Å²) < 4.78 is 0. The Morgan fingerprint density at radius 1 is 1.14 bits per heavy atom. The first-order chi connectivity index (χ1) is 10.2. The Bertz CT molecular complexity index is 535. The van der Waals surface area contributed by atoms with E-state index >= 15 is 0 Å². The summed E-state index contributed by atoms with van der Waals surface area (Å²) in [5, 5.41) is 8.85. The van der Waals surface area contributed by atoms with Gasteiger partial charge < -0.3 is 10.0 Å². The Labute approximate surface area is 124 Å². The lowest BCUT2D eigenvalue weighted by molar-refractivity contribution is 0.0674. The number of aromatic nitrogens is 1. The fourth-order valence-electron chi connectivity index (χ4n) is 3.69. The van der Waals surface area contributed by atoms with E-state index in [2.05, 4.69) is 4.98 Å². The molecular weight excluding hydrogens is 268 g/mol. The molecule has 3 rings (SSSR count). The molecule has 1 atom stereocenters. The van der Waals surface area contributed by atoms with Crippen molar-refractivity contribution in [1.82, 2.24) is 9.88 Å². The molecule has 2 fully saturated rings. The van der Waals surface area contributed by atoms with Gasteiger partial charge in [-0.3, -0.25) is 4.79 Å². The van der Waals surface area contributed by atoms with E-state index in [0.717, 1.165) is 19.4 Å². The average Bonchev–Trinajstić information content (AvgIpc) is 3.17. The van der Waals surface area contributed by atoms with Crippen LogP contribution in [0.5, 0.6) is 0 Å². The Balaban J connectivity index is 1.75. The van der Waals surface area contributed by atoms with Gasteiger partial charge in [0, 0.05) is 18.8 Å². The van der Waals surface area contributed by atoms with Crippen molar-refractivity contribution in [3.05, 3.63) is 29.6 Å². The zero-order chi connectivity index (χ0) is 14.8. The SMILES string of the molecule is O=C(O)c1ccc(C(=O)N2CCC[C@@H]2C2CCCC2)cn1. The number of pyridine rings is 1. The summed E-state index contributed by atoms with van der Waals surface area (Å²) in [6, 6.07) is 3.33. The number of carbonyl (C=O) groups excluding carboxylic acids is 1. The van der Waals surface area contributed by atoms with Gasteiger partial charge in [-0.1, -0.05) is 12.8 Å². The van der Waals surface area contributed by atoms with Gasteiger partial charge >= 0.3 is 5.97 Å². The van der Waals surface area contributed by atoms with Crippen LogP contribution in [0.25, 0.3) is 0 Å². The third-order valence-electron chi connectivity index (χ3n) is 4.73. The van der Waals surface area contributed by atoms with Crippen LogP contribution in [-0.2, 0) is 0 Å². The monoisotopic (exact) mass is 288 g/mol. The first-order valence-electron chi connectivity index (χ1n) is 7.67. The smallest absolute Gasteiger partial charge is 0.354 e. The summed E-state index contributed by atoms with van der Waals surface area (Å²) >= 11 is 0. The molecule has 1 aromatic rings. The third kappa shape index (κ3) is 2.77. The first-order valence-corrected chi connectivity index (χ1v) is 7.67. The maximum absolute atomic E-state index is 12.6. The number of nitrogens with zero attached hydrogens (tertiary/aromatic N) is 2. The molecule has 112 valence electrons. The Kier molecular flexibility index (Phi) is 3.90. The van der Waals surface area contributed by atoms with Crippen LogP contribution in [0.2, 0.25) is 0 Å². The fourth-order valence-corrected chi connectivity index (χ4v) is 3.69. The molecule has 0 radical (unpaired) electrons. The number of carboxylic acid groups (broad SMARTS) is 1. The highest BCUT2D eigenvalue weighted by molar-refractivity contribution is 5.95. The summed E-state index contributed by atoms with van der Waals surface area (Å²) in [5.74, 6) is -0.435. The maximum Gasteiger partial charge on any atom is 0.354 e. The summed E-state index contributed by atoms with van der Waals surface area (Å²) in [7, 11) is 0. The average molecular weight is 288 g/mol. The lowest BCUT2D eigenvalue weighted by Gasteiger charge is -2.29. The zero-order valence-corrected chi connectivity index (χ0v) is 12.0. The van der Waals surface area contributed by atoms with Crippen molar-refractivity contribution < 1.29 is 14.7 Å². The number of rotatable bonds is 3. The van der Waals surface area contributed by atoms with Crippen LogP contribution in [0, 0.1) is 5.92 Å². The molecule has 1 aliphatic carbocycles. The minimum absolute atomic E-state index is 0.00570. The predicted octanol–water partition coefficient (Wildman–Crippen LogP) is 2.57. The molecule has 2 aliphatic rings. The van der Waals surface area contributed by atoms with Crippen molar-refractivity contribution in [3.8, 4) is 0 Å². The highest BCUT2D eigenvalue weighted by Gasteiger charge is 2.36. The molecule has 1 amide bonds. The quantitative estimate of drug-likeness (QED) is 0.928. The van der Waals surface area contributed by atoms with Crippen molar-refractivity contribution in [2.45, 2.75) is 44.6 Å². The van der Waals surface area contributed by atoms with Crippen LogP contribution in [-0.4, -0.2) is 39.5 Å². The van der Waals surface area contributed by atoms with Gasteiger partial charge in [-0.05, 0) is 43.7 Å². The first kappa shape index (κ1) is 14.0. The topological polar surface area (TPSA) is 70.5 Å². The van der Waals surface area contributed by atoms with E-state index in [0.29, 0.717) is 17.5 Å². The van der Waals surface area contributed by atoms with E-state index in [1.54, 1.807) is 6.07 Å². The van der Waals surface area contributed by atoms with Crippen LogP contribution >= 0.6 is 0 Å². The molecule has 0 unspecified atom stereocenters. The summed E-state index contributed by atoms with van der Waals surface area (Å²) in [5.41, 5.74) is 0.463. The molecule has 0 bridgehead atoms. The van der Waals surface area contributed by atoms with Crippen molar-refractivity contribution in [1.29, 1.82) is 0 Å². The number of hydrogen-bond donors (Lipinski definition) is 1. The van der Waals surface area contributed by atoms with Crippen LogP contribution in [0.1, 0.15) is 59.4 Å². The van der Waals surface area contributed by atoms with Crippen molar-refractivity contribution in [3.63, 3.8) is 0 Å². The Hall–Kier alpha value is -1.91. The molecule has 1 saturated heterocycles. The van der Waals surface area contributed by atoms with E-state index in [1.165, 1.54) is 37.9 Å². The number of likely N-dealkylation sites (tertiary alicyclic amines) is 1. The minimum Gasteiger partial charge on any atom is -0.477 e. The lowest BCUT2D eigenvalue weighted by atomic mass is 9.95. The van der Waals surface area contributed by atoms with Gasteiger partial charge in [-0.2, -0.15) is 0 Å². The van der Waals surface area contributed by atoms with E-state index in [1.807, 2.05) is 4.90 Å². The largest absolute Gasteiger partial charge is 0.477 e. The normalized spacial score (nSPS) is 22.7. The van der Waals surface area contributed by atoms with Crippen molar-refractivity contribution >= 4 is 11.9 Å². The molecule has 5 nitrogen and oxygen atoms in total. The molecule has 0 spiro atoms. The van der Waals surface area contributed by atoms with Gasteiger partial charge in [0.2, 0.25) is 0 Å². The van der Waals surface area contributed by atoms with Crippen molar-refractivity contribution in [2.75, 3.05) is 6.54 Å². The standard InChI is InChI=1S/C16H20N2O3/c19-15(12-7-8-13(16(20)21)17-10-12)18-9-3-6-14(18)11-4-1-2-5-11/h7-8,10-11,14H,1-6,9H2,(H,20,21)/t14-/m1/s1. The molecular formula is C16H20N2O3. The molecule has 5 heteroatoms. The number of amides is 1. The number of carbonyl (C=O) groups is 2. The highest BCUT2D eigenvalue weighted by Crippen LogP contribution is 2.35. The fraction of sp³-hybridized carbons (Fsp3) is 0.562. The highest BCUT2D eigenvalue weighted by atomic mass is 16.4. The van der Waals surface area contributed by atoms with Crippen LogP contribution in [0.4, 0.5) is 0 Å². The molecule has 1 saturated carbocycles. The van der Waals surface area contributed by atoms with Crippen molar-refractivity contribution in [2.24, 2.45) is 5.92 Å². The zero-order valence-electron chi connectivity index (χ0n) is 12.0. The van der Waals surface area contributed by atoms with Gasteiger partial charge in [0.1, 0.15) is 5.69 Å². The van der Waals surface area contributed by atoms with E-state index in [-0.39, 0.29) is 11.6 Å². The van der Waals surface area contributed by atoms with Gasteiger partial charge in [-0.25, -0.2) is 9.78 Å². The molecule has 1 aromatic heterocycles. The third-order valence-corrected chi connectivity index (χ3v) is 4.73. The molecule has 21 heavy (non-hydrogen) atoms. The summed E-state index contributed by atoms with van der Waals surface area (Å²) in [6.45, 7) is 0.806. The maximum atomic E-state index is 12.6. The van der Waals surface area contributed by atoms with E-state index in [9.17, 15) is 9.59 Å². The molecule has 0 aromatic carbocycles. The second-order valence-electron chi connectivity index (χ2n) is 5.99. The number of hydrogen-bond acceptors (Lipinski definition) is 3. The lowest BCUT2D eigenvalue weighted by Crippen LogP contribution is -2.39. The second-order valence-corrected chi connectivity index (χ2v) is 5.99. The molecule has 2 heterocycles. The molecule has 1 N–H and O–H groups in total. The number of carboxylic acids is 1. The summed E-state index contributed by atoms with van der Waals surface area (Å²) in [6.07, 6.45) is 8.55.